The molecular formula is C56H36N2. The zero-order valence-electron chi connectivity index (χ0n) is 31.7. The minimum absolute atomic E-state index is 1.14. The number of fused-ring (bicyclic) bond motifs is 8. The molecule has 0 saturated heterocycles. The molecule has 0 fully saturated rings. The Labute approximate surface area is 336 Å². The minimum Gasteiger partial charge on any atom is -0.309 e. The van der Waals surface area contributed by atoms with Crippen LogP contribution in [0.1, 0.15) is 0 Å². The molecule has 12 rings (SSSR count). The first kappa shape index (κ1) is 32.6. The van der Waals surface area contributed by atoms with E-state index in [1.165, 1.54) is 104 Å². The third kappa shape index (κ3) is 5.05. The summed E-state index contributed by atoms with van der Waals surface area (Å²) in [5.41, 5.74) is 14.3. The summed E-state index contributed by atoms with van der Waals surface area (Å²) in [7, 11) is 0. The van der Waals surface area contributed by atoms with Gasteiger partial charge in [0.05, 0.1) is 22.1 Å². The van der Waals surface area contributed by atoms with Gasteiger partial charge in [-0.2, -0.15) is 0 Å². The highest BCUT2D eigenvalue weighted by Crippen LogP contribution is 2.41. The van der Waals surface area contributed by atoms with Crippen molar-refractivity contribution in [1.82, 2.24) is 9.13 Å². The van der Waals surface area contributed by atoms with E-state index in [0.717, 1.165) is 5.69 Å². The van der Waals surface area contributed by atoms with E-state index < -0.39 is 0 Å². The molecule has 2 nitrogen and oxygen atoms in total. The average Bonchev–Trinajstić information content (AvgIpc) is 3.81. The van der Waals surface area contributed by atoms with E-state index in [0.29, 0.717) is 0 Å². The Kier molecular flexibility index (Phi) is 7.26. The van der Waals surface area contributed by atoms with Crippen molar-refractivity contribution in [3.63, 3.8) is 0 Å². The number of para-hydroxylation sites is 3. The van der Waals surface area contributed by atoms with E-state index in [1.54, 1.807) is 0 Å². The normalized spacial score (nSPS) is 11.8. The number of benzene rings is 10. The summed E-state index contributed by atoms with van der Waals surface area (Å²) in [4.78, 5) is 0. The van der Waals surface area contributed by atoms with Crippen LogP contribution in [0.25, 0.3) is 110 Å². The third-order valence-corrected chi connectivity index (χ3v) is 12.1. The Morgan fingerprint density at radius 3 is 1.34 bits per heavy atom. The Hall–Kier alpha value is -7.68. The molecule has 58 heavy (non-hydrogen) atoms. The maximum absolute atomic E-state index is 2.48. The van der Waals surface area contributed by atoms with Gasteiger partial charge < -0.3 is 9.13 Å². The minimum atomic E-state index is 1.14. The van der Waals surface area contributed by atoms with Crippen LogP contribution in [-0.4, -0.2) is 9.13 Å². The molecule has 0 radical (unpaired) electrons. The van der Waals surface area contributed by atoms with Gasteiger partial charge in [-0.1, -0.05) is 158 Å². The highest BCUT2D eigenvalue weighted by Gasteiger charge is 2.18. The largest absolute Gasteiger partial charge is 0.309 e. The Bertz CT molecular complexity index is 3460. The first-order valence-electron chi connectivity index (χ1n) is 20.0. The van der Waals surface area contributed by atoms with Crippen LogP contribution >= 0.6 is 0 Å². The molecule has 0 aliphatic rings. The second-order valence-corrected chi connectivity index (χ2v) is 15.3. The van der Waals surface area contributed by atoms with Gasteiger partial charge in [-0.3, -0.25) is 0 Å². The number of aromatic nitrogens is 2. The molecule has 0 bridgehead atoms. The molecule has 0 atom stereocenters. The van der Waals surface area contributed by atoms with Gasteiger partial charge in [-0.15, -0.1) is 0 Å². The van der Waals surface area contributed by atoms with Crippen molar-refractivity contribution >= 4 is 65.2 Å². The number of rotatable bonds is 5. The molecule has 2 aromatic heterocycles. The van der Waals surface area contributed by atoms with Crippen molar-refractivity contribution in [3.8, 4) is 44.8 Å². The van der Waals surface area contributed by atoms with E-state index >= 15 is 0 Å². The van der Waals surface area contributed by atoms with E-state index in [-0.39, 0.29) is 0 Å². The predicted octanol–water partition coefficient (Wildman–Crippen LogP) is 15.2. The maximum Gasteiger partial charge on any atom is 0.0547 e. The number of nitrogens with zero attached hydrogens (tertiary/aromatic N) is 2. The first-order chi connectivity index (χ1) is 28.8. The molecule has 12 aromatic rings. The van der Waals surface area contributed by atoms with Crippen LogP contribution in [0.5, 0.6) is 0 Å². The monoisotopic (exact) mass is 736 g/mol. The highest BCUT2D eigenvalue weighted by molar-refractivity contribution is 6.13. The molecule has 0 unspecified atom stereocenters. The summed E-state index contributed by atoms with van der Waals surface area (Å²) in [6.07, 6.45) is 0. The van der Waals surface area contributed by atoms with Gasteiger partial charge in [0, 0.05) is 32.9 Å². The Morgan fingerprint density at radius 2 is 0.690 bits per heavy atom. The van der Waals surface area contributed by atoms with E-state index in [1.807, 2.05) is 0 Å². The van der Waals surface area contributed by atoms with Gasteiger partial charge in [-0.05, 0) is 116 Å². The van der Waals surface area contributed by atoms with Crippen molar-refractivity contribution in [1.29, 1.82) is 0 Å². The second-order valence-electron chi connectivity index (χ2n) is 15.3. The predicted molar refractivity (Wildman–Crippen MR) is 246 cm³/mol. The van der Waals surface area contributed by atoms with E-state index in [2.05, 4.69) is 228 Å². The Morgan fingerprint density at radius 1 is 0.224 bits per heavy atom. The smallest absolute Gasteiger partial charge is 0.0547 e. The van der Waals surface area contributed by atoms with Crippen LogP contribution in [0.2, 0.25) is 0 Å². The average molecular weight is 737 g/mol. The SMILES string of the molecule is c1ccc(-n2c3ccccc3c3cc(-c4ccc5c6ccccc6n(-c6cc(-c7cccc8ccccc78)cc(-c7cccc8ccccc78)c6)c5c4)ccc32)cc1. The molecule has 0 saturated carbocycles. The lowest BCUT2D eigenvalue weighted by Gasteiger charge is -2.16. The third-order valence-electron chi connectivity index (χ3n) is 12.1. The highest BCUT2D eigenvalue weighted by atomic mass is 15.0. The van der Waals surface area contributed by atoms with Crippen molar-refractivity contribution < 1.29 is 0 Å². The fourth-order valence-corrected chi connectivity index (χ4v) is 9.44. The van der Waals surface area contributed by atoms with Gasteiger partial charge in [0.1, 0.15) is 0 Å². The molecule has 0 aliphatic heterocycles. The van der Waals surface area contributed by atoms with Crippen LogP contribution in [0.15, 0.2) is 218 Å². The lowest BCUT2D eigenvalue weighted by atomic mass is 9.92. The van der Waals surface area contributed by atoms with Gasteiger partial charge in [-0.25, -0.2) is 0 Å². The molecule has 0 amide bonds. The van der Waals surface area contributed by atoms with Crippen LogP contribution in [0, 0.1) is 0 Å². The molecular weight excluding hydrogens is 701 g/mol. The van der Waals surface area contributed by atoms with Crippen LogP contribution in [-0.2, 0) is 0 Å². The first-order valence-corrected chi connectivity index (χ1v) is 20.0. The summed E-state index contributed by atoms with van der Waals surface area (Å²) < 4.78 is 4.86. The summed E-state index contributed by atoms with van der Waals surface area (Å²) in [5.74, 6) is 0. The van der Waals surface area contributed by atoms with E-state index in [9.17, 15) is 0 Å². The molecule has 270 valence electrons. The van der Waals surface area contributed by atoms with Crippen molar-refractivity contribution in [3.05, 3.63) is 218 Å². The number of hydrogen-bond donors (Lipinski definition) is 0. The van der Waals surface area contributed by atoms with Crippen molar-refractivity contribution in [2.24, 2.45) is 0 Å². The van der Waals surface area contributed by atoms with Gasteiger partial charge >= 0.3 is 0 Å². The van der Waals surface area contributed by atoms with Crippen LogP contribution < -0.4 is 0 Å². The topological polar surface area (TPSA) is 9.86 Å². The Balaban J connectivity index is 1.11. The van der Waals surface area contributed by atoms with Crippen molar-refractivity contribution in [2.75, 3.05) is 0 Å². The zero-order valence-corrected chi connectivity index (χ0v) is 31.7. The second kappa shape index (κ2) is 12.9. The van der Waals surface area contributed by atoms with Crippen LogP contribution in [0.4, 0.5) is 0 Å². The zero-order chi connectivity index (χ0) is 38.2. The van der Waals surface area contributed by atoms with Crippen molar-refractivity contribution in [2.45, 2.75) is 0 Å². The van der Waals surface area contributed by atoms with E-state index in [4.69, 9.17) is 0 Å². The van der Waals surface area contributed by atoms with Gasteiger partial charge in [0.15, 0.2) is 0 Å². The standard InChI is InChI=1S/C56H36N2/c1-2-18-43(19-3-1)57-54-27-11-9-23-50(54)52-35-39(29-31-55(52)57)40-28-30-51-49-22-8-10-26-53(49)58(56(51)36-40)44-33-41(47-24-12-16-37-14-4-6-20-45(37)47)32-42(34-44)48-25-13-17-38-15-5-7-21-46(38)48/h1-36H. The lowest BCUT2D eigenvalue weighted by molar-refractivity contribution is 1.18. The molecule has 2 heteroatoms. The molecule has 0 N–H and O–H groups in total. The van der Waals surface area contributed by atoms with Crippen LogP contribution in [0.3, 0.4) is 0 Å². The number of hydrogen-bond acceptors (Lipinski definition) is 0. The van der Waals surface area contributed by atoms with Gasteiger partial charge in [0.25, 0.3) is 0 Å². The molecule has 0 aliphatic carbocycles. The lowest BCUT2D eigenvalue weighted by Crippen LogP contribution is -1.97. The molecule has 2 heterocycles. The summed E-state index contributed by atoms with van der Waals surface area (Å²) in [6.45, 7) is 0. The molecule has 10 aromatic carbocycles. The molecule has 0 spiro atoms. The maximum atomic E-state index is 2.48. The summed E-state index contributed by atoms with van der Waals surface area (Å²) in [6, 6.07) is 80.2. The summed E-state index contributed by atoms with van der Waals surface area (Å²) >= 11 is 0. The summed E-state index contributed by atoms with van der Waals surface area (Å²) in [5, 5.41) is 9.96. The quantitative estimate of drug-likeness (QED) is 0.167. The fourth-order valence-electron chi connectivity index (χ4n) is 9.44. The fraction of sp³-hybridized carbons (Fsp3) is 0. The van der Waals surface area contributed by atoms with Gasteiger partial charge in [0.2, 0.25) is 0 Å².